The zero-order valence-corrected chi connectivity index (χ0v) is 17.6. The number of nitrogens with one attached hydrogen (secondary N) is 1. The van der Waals surface area contributed by atoms with Crippen LogP contribution >= 0.6 is 11.8 Å². The first-order chi connectivity index (χ1) is 15.3. The highest BCUT2D eigenvalue weighted by molar-refractivity contribution is 7.99. The van der Waals surface area contributed by atoms with Crippen molar-refractivity contribution in [2.24, 2.45) is 0 Å². The number of anilines is 2. The molecule has 0 spiro atoms. The third-order valence-electron chi connectivity index (χ3n) is 4.46. The van der Waals surface area contributed by atoms with Gasteiger partial charge in [-0.1, -0.05) is 6.07 Å². The first-order valence-corrected chi connectivity index (χ1v) is 10.2. The van der Waals surface area contributed by atoms with Crippen LogP contribution < -0.4 is 11.1 Å². The van der Waals surface area contributed by atoms with Crippen LogP contribution in [-0.2, 0) is 4.79 Å². The van der Waals surface area contributed by atoms with Crippen LogP contribution in [0.15, 0.2) is 46.0 Å². The molecule has 3 N–H and O–H groups in total. The predicted molar refractivity (Wildman–Crippen MR) is 118 cm³/mol. The Hall–Kier alpha value is -4.35. The number of nitrogens with two attached hydrogens (primary N) is 1. The second-order valence-corrected chi connectivity index (χ2v) is 7.61. The summed E-state index contributed by atoms with van der Waals surface area (Å²) in [7, 11) is 0. The SMILES string of the molecule is Cc1ccc([N+](=O)[O-])cc1NC(=O)CCSc1nc(N)c(C#N)c(-c2ccco2)c1C#N. The lowest BCUT2D eigenvalue weighted by Gasteiger charge is -2.11. The number of aryl methyl sites for hydroxylation is 1. The molecule has 0 aliphatic heterocycles. The number of amides is 1. The smallest absolute Gasteiger partial charge is 0.271 e. The van der Waals surface area contributed by atoms with Gasteiger partial charge in [-0.3, -0.25) is 14.9 Å². The van der Waals surface area contributed by atoms with Crippen molar-refractivity contribution in [3.63, 3.8) is 0 Å². The van der Waals surface area contributed by atoms with E-state index in [0.717, 1.165) is 11.8 Å². The van der Waals surface area contributed by atoms with Gasteiger partial charge in [0.1, 0.15) is 34.3 Å². The van der Waals surface area contributed by atoms with E-state index in [-0.39, 0.29) is 51.3 Å². The molecule has 32 heavy (non-hydrogen) atoms. The summed E-state index contributed by atoms with van der Waals surface area (Å²) in [5.74, 6) is 0.169. The number of pyridine rings is 1. The van der Waals surface area contributed by atoms with Crippen molar-refractivity contribution in [2.45, 2.75) is 18.4 Å². The van der Waals surface area contributed by atoms with E-state index in [9.17, 15) is 25.4 Å². The number of furan rings is 1. The van der Waals surface area contributed by atoms with E-state index in [4.69, 9.17) is 10.2 Å². The fourth-order valence-corrected chi connectivity index (χ4v) is 3.82. The van der Waals surface area contributed by atoms with Gasteiger partial charge in [-0.2, -0.15) is 10.5 Å². The summed E-state index contributed by atoms with van der Waals surface area (Å²) in [6, 6.07) is 11.5. The lowest BCUT2D eigenvalue weighted by Crippen LogP contribution is -2.13. The number of nitrogens with zero attached hydrogens (tertiary/aromatic N) is 4. The second kappa shape index (κ2) is 9.64. The highest BCUT2D eigenvalue weighted by Gasteiger charge is 2.22. The third kappa shape index (κ3) is 4.69. The minimum atomic E-state index is -0.536. The van der Waals surface area contributed by atoms with Crippen LogP contribution in [0.2, 0.25) is 0 Å². The average molecular weight is 448 g/mol. The molecule has 3 aromatic rings. The van der Waals surface area contributed by atoms with Gasteiger partial charge in [0.2, 0.25) is 5.91 Å². The summed E-state index contributed by atoms with van der Waals surface area (Å²) in [6.07, 6.45) is 1.47. The van der Waals surface area contributed by atoms with E-state index < -0.39 is 4.92 Å². The molecule has 160 valence electrons. The fraction of sp³-hybridized carbons (Fsp3) is 0.143. The number of nitro benzene ring substituents is 1. The van der Waals surface area contributed by atoms with Crippen molar-refractivity contribution >= 4 is 34.9 Å². The molecule has 1 amide bonds. The quantitative estimate of drug-likeness (QED) is 0.307. The van der Waals surface area contributed by atoms with Crippen molar-refractivity contribution in [1.82, 2.24) is 4.98 Å². The minimum Gasteiger partial charge on any atom is -0.464 e. The summed E-state index contributed by atoms with van der Waals surface area (Å²) in [4.78, 5) is 26.9. The summed E-state index contributed by atoms with van der Waals surface area (Å²) >= 11 is 1.13. The molecule has 0 radical (unpaired) electrons. The molecular weight excluding hydrogens is 432 g/mol. The number of nitrogen functional groups attached to an aromatic ring is 1. The Morgan fingerprint density at radius 1 is 1.31 bits per heavy atom. The summed E-state index contributed by atoms with van der Waals surface area (Å²) in [5, 5.41) is 33.0. The maximum Gasteiger partial charge on any atom is 0.271 e. The molecule has 0 bridgehead atoms. The number of non-ortho nitro benzene ring substituents is 1. The fourth-order valence-electron chi connectivity index (χ4n) is 2.88. The van der Waals surface area contributed by atoms with E-state index in [1.165, 1.54) is 18.4 Å². The number of rotatable bonds is 7. The van der Waals surface area contributed by atoms with Crippen LogP contribution in [-0.4, -0.2) is 21.6 Å². The maximum absolute atomic E-state index is 12.3. The molecule has 1 aromatic carbocycles. The molecule has 0 atom stereocenters. The largest absolute Gasteiger partial charge is 0.464 e. The molecule has 0 saturated carbocycles. The van der Waals surface area contributed by atoms with Crippen LogP contribution in [0.3, 0.4) is 0 Å². The number of nitriles is 2. The number of benzene rings is 1. The summed E-state index contributed by atoms with van der Waals surface area (Å²) in [5.41, 5.74) is 7.27. The first-order valence-electron chi connectivity index (χ1n) is 9.21. The molecule has 3 rings (SSSR count). The van der Waals surface area contributed by atoms with Crippen LogP contribution in [0.5, 0.6) is 0 Å². The van der Waals surface area contributed by atoms with Gasteiger partial charge in [-0.05, 0) is 24.6 Å². The summed E-state index contributed by atoms with van der Waals surface area (Å²) < 4.78 is 5.35. The Morgan fingerprint density at radius 3 is 2.69 bits per heavy atom. The Morgan fingerprint density at radius 2 is 2.06 bits per heavy atom. The number of aromatic nitrogens is 1. The standard InChI is InChI=1S/C21H16N6O4S/c1-12-4-5-13(27(29)30)9-16(12)25-18(28)6-8-32-21-15(11-23)19(17-3-2-7-31-17)14(10-22)20(24)26-21/h2-5,7,9H,6,8H2,1H3,(H2,24,26)(H,25,28). The summed E-state index contributed by atoms with van der Waals surface area (Å²) in [6.45, 7) is 1.73. The van der Waals surface area contributed by atoms with Gasteiger partial charge in [-0.25, -0.2) is 4.98 Å². The van der Waals surface area contributed by atoms with Crippen LogP contribution in [0, 0.1) is 39.7 Å². The van der Waals surface area contributed by atoms with E-state index >= 15 is 0 Å². The number of hydrogen-bond acceptors (Lipinski definition) is 9. The van der Waals surface area contributed by atoms with E-state index in [0.29, 0.717) is 17.0 Å². The van der Waals surface area contributed by atoms with Gasteiger partial charge < -0.3 is 15.5 Å². The molecule has 2 aromatic heterocycles. The lowest BCUT2D eigenvalue weighted by atomic mass is 10.0. The lowest BCUT2D eigenvalue weighted by molar-refractivity contribution is -0.384. The Labute approximate surface area is 186 Å². The molecule has 2 heterocycles. The van der Waals surface area contributed by atoms with E-state index in [1.807, 2.05) is 12.1 Å². The molecular formula is C21H16N6O4S. The maximum atomic E-state index is 12.3. The number of hydrogen-bond donors (Lipinski definition) is 2. The topological polar surface area (TPSA) is 172 Å². The molecule has 0 fully saturated rings. The molecule has 0 aliphatic carbocycles. The monoisotopic (exact) mass is 448 g/mol. The van der Waals surface area contributed by atoms with Crippen molar-refractivity contribution in [3.05, 3.63) is 63.4 Å². The first kappa shape index (κ1) is 22.3. The van der Waals surface area contributed by atoms with Crippen molar-refractivity contribution in [3.8, 4) is 23.5 Å². The Kier molecular flexibility index (Phi) is 6.73. The second-order valence-electron chi connectivity index (χ2n) is 6.53. The predicted octanol–water partition coefficient (Wildman–Crippen LogP) is 4.00. The zero-order valence-electron chi connectivity index (χ0n) is 16.8. The van der Waals surface area contributed by atoms with Gasteiger partial charge in [0.25, 0.3) is 5.69 Å². The Balaban J connectivity index is 1.76. The number of nitro groups is 1. The average Bonchev–Trinajstić information content (AvgIpc) is 3.29. The van der Waals surface area contributed by atoms with Crippen molar-refractivity contribution in [1.29, 1.82) is 10.5 Å². The highest BCUT2D eigenvalue weighted by atomic mass is 32.2. The van der Waals surface area contributed by atoms with Crippen molar-refractivity contribution in [2.75, 3.05) is 16.8 Å². The van der Waals surface area contributed by atoms with E-state index in [1.54, 1.807) is 25.1 Å². The zero-order chi connectivity index (χ0) is 23.3. The van der Waals surface area contributed by atoms with Crippen LogP contribution in [0.25, 0.3) is 11.3 Å². The van der Waals surface area contributed by atoms with Gasteiger partial charge in [0.05, 0.1) is 28.0 Å². The van der Waals surface area contributed by atoms with Gasteiger partial charge in [0, 0.05) is 24.3 Å². The van der Waals surface area contributed by atoms with Gasteiger partial charge >= 0.3 is 0 Å². The molecule has 0 aliphatic rings. The minimum absolute atomic E-state index is 0.0414. The van der Waals surface area contributed by atoms with E-state index in [2.05, 4.69) is 10.3 Å². The normalized spacial score (nSPS) is 10.2. The number of carbonyl (C=O) groups is 1. The number of carbonyl (C=O) groups excluding carboxylic acids is 1. The van der Waals surface area contributed by atoms with Crippen LogP contribution in [0.1, 0.15) is 23.1 Å². The third-order valence-corrected chi connectivity index (χ3v) is 5.43. The Bertz CT molecular complexity index is 1270. The molecule has 10 nitrogen and oxygen atoms in total. The van der Waals surface area contributed by atoms with Gasteiger partial charge in [0.15, 0.2) is 0 Å². The molecule has 0 unspecified atom stereocenters. The van der Waals surface area contributed by atoms with Crippen molar-refractivity contribution < 1.29 is 14.1 Å². The highest BCUT2D eigenvalue weighted by Crippen LogP contribution is 2.36. The number of thioether (sulfide) groups is 1. The van der Waals surface area contributed by atoms with Gasteiger partial charge in [-0.15, -0.1) is 11.8 Å². The van der Waals surface area contributed by atoms with Crippen LogP contribution in [0.4, 0.5) is 17.2 Å². The molecule has 0 saturated heterocycles. The molecule has 11 heteroatoms.